The van der Waals surface area contributed by atoms with Crippen molar-refractivity contribution in [3.63, 3.8) is 0 Å². The van der Waals surface area contributed by atoms with Gasteiger partial charge >= 0.3 is 12.1 Å². The molecule has 27 heavy (non-hydrogen) atoms. The number of hydrogen-bond acceptors (Lipinski definition) is 4. The summed E-state index contributed by atoms with van der Waals surface area (Å²) in [5.41, 5.74) is -1.35. The predicted molar refractivity (Wildman–Crippen MR) is 91.9 cm³/mol. The van der Waals surface area contributed by atoms with Crippen molar-refractivity contribution in [2.45, 2.75) is 25.9 Å². The van der Waals surface area contributed by atoms with Gasteiger partial charge in [-0.15, -0.1) is 0 Å². The standard InChI is InChI=1S/C19H18F4N2O2/c1-10-3-6-12(7-14(10)20)15-8-13(19(21,22)23)16(18(26)27-2)17(25-15)24-9-11-4-5-11/h3,6-8,11H,4-5,9H2,1-2H3,(H,24,25). The minimum atomic E-state index is -4.81. The molecule has 0 saturated heterocycles. The lowest BCUT2D eigenvalue weighted by molar-refractivity contribution is -0.138. The lowest BCUT2D eigenvalue weighted by atomic mass is 10.0. The number of benzene rings is 1. The average molecular weight is 382 g/mol. The molecule has 4 nitrogen and oxygen atoms in total. The van der Waals surface area contributed by atoms with Crippen LogP contribution < -0.4 is 5.32 Å². The van der Waals surface area contributed by atoms with Gasteiger partial charge in [-0.3, -0.25) is 0 Å². The Morgan fingerprint density at radius 2 is 2.00 bits per heavy atom. The molecule has 0 spiro atoms. The minimum Gasteiger partial charge on any atom is -0.465 e. The van der Waals surface area contributed by atoms with Crippen molar-refractivity contribution in [1.82, 2.24) is 4.98 Å². The molecule has 8 heteroatoms. The predicted octanol–water partition coefficient (Wildman–Crippen LogP) is 4.82. The van der Waals surface area contributed by atoms with Crippen molar-refractivity contribution in [3.05, 3.63) is 46.8 Å². The second-order valence-corrected chi connectivity index (χ2v) is 6.56. The third kappa shape index (κ3) is 4.20. The van der Waals surface area contributed by atoms with Gasteiger partial charge in [0.15, 0.2) is 0 Å². The normalized spacial score (nSPS) is 14.1. The van der Waals surface area contributed by atoms with E-state index in [4.69, 9.17) is 0 Å². The van der Waals surface area contributed by atoms with Crippen molar-refractivity contribution < 1.29 is 27.1 Å². The van der Waals surface area contributed by atoms with E-state index in [0.717, 1.165) is 32.1 Å². The fourth-order valence-corrected chi connectivity index (χ4v) is 2.67. The van der Waals surface area contributed by atoms with Crippen LogP contribution in [0.3, 0.4) is 0 Å². The highest BCUT2D eigenvalue weighted by atomic mass is 19.4. The fourth-order valence-electron chi connectivity index (χ4n) is 2.67. The smallest absolute Gasteiger partial charge is 0.417 e. The number of nitrogens with zero attached hydrogens (tertiary/aromatic N) is 1. The number of carbonyl (C=O) groups excluding carboxylic acids is 1. The van der Waals surface area contributed by atoms with E-state index in [1.54, 1.807) is 6.92 Å². The largest absolute Gasteiger partial charge is 0.465 e. The van der Waals surface area contributed by atoms with Gasteiger partial charge in [0, 0.05) is 12.1 Å². The molecule has 1 aliphatic rings. The number of hydrogen-bond donors (Lipinski definition) is 1. The fraction of sp³-hybridized carbons (Fsp3) is 0.368. The molecule has 0 unspecified atom stereocenters. The second-order valence-electron chi connectivity index (χ2n) is 6.56. The van der Waals surface area contributed by atoms with Gasteiger partial charge in [-0.2, -0.15) is 13.2 Å². The van der Waals surface area contributed by atoms with Gasteiger partial charge in [0.25, 0.3) is 0 Å². The summed E-state index contributed by atoms with van der Waals surface area (Å²) in [5.74, 6) is -1.55. The Morgan fingerprint density at radius 3 is 2.56 bits per heavy atom. The van der Waals surface area contributed by atoms with Gasteiger partial charge in [0.05, 0.1) is 18.4 Å². The molecular weight excluding hydrogens is 364 g/mol. The molecular formula is C19H18F4N2O2. The molecule has 3 rings (SSSR count). The number of aromatic nitrogens is 1. The molecule has 1 aromatic carbocycles. The van der Waals surface area contributed by atoms with Crippen LogP contribution in [-0.4, -0.2) is 24.6 Å². The number of anilines is 1. The maximum absolute atomic E-state index is 13.9. The van der Waals surface area contributed by atoms with E-state index in [1.807, 2.05) is 0 Å². The van der Waals surface area contributed by atoms with Gasteiger partial charge in [-0.1, -0.05) is 12.1 Å². The summed E-state index contributed by atoms with van der Waals surface area (Å²) in [6.45, 7) is 1.96. The first kappa shape index (κ1) is 19.1. The van der Waals surface area contributed by atoms with Crippen LogP contribution >= 0.6 is 0 Å². The van der Waals surface area contributed by atoms with Crippen molar-refractivity contribution in [3.8, 4) is 11.3 Å². The second kappa shape index (κ2) is 7.17. The number of aryl methyl sites for hydroxylation is 1. The van der Waals surface area contributed by atoms with Crippen LogP contribution in [0.5, 0.6) is 0 Å². The monoisotopic (exact) mass is 382 g/mol. The molecule has 1 heterocycles. The molecule has 0 bridgehead atoms. The van der Waals surface area contributed by atoms with E-state index < -0.39 is 29.1 Å². The lowest BCUT2D eigenvalue weighted by Gasteiger charge is -2.18. The SMILES string of the molecule is COC(=O)c1c(C(F)(F)F)cc(-c2ccc(C)c(F)c2)nc1NCC1CC1. The Bertz CT molecular complexity index is 877. The number of methoxy groups -OCH3 is 1. The Morgan fingerprint density at radius 1 is 1.30 bits per heavy atom. The molecule has 0 aliphatic heterocycles. The van der Waals surface area contributed by atoms with E-state index >= 15 is 0 Å². The lowest BCUT2D eigenvalue weighted by Crippen LogP contribution is -2.19. The number of carbonyl (C=O) groups is 1. The first-order valence-corrected chi connectivity index (χ1v) is 8.41. The topological polar surface area (TPSA) is 51.2 Å². The van der Waals surface area contributed by atoms with Crippen molar-refractivity contribution >= 4 is 11.8 Å². The van der Waals surface area contributed by atoms with E-state index in [-0.39, 0.29) is 17.1 Å². The van der Waals surface area contributed by atoms with Crippen molar-refractivity contribution in [2.75, 3.05) is 19.0 Å². The Labute approximate surface area is 153 Å². The third-order valence-electron chi connectivity index (χ3n) is 4.44. The summed E-state index contributed by atoms with van der Waals surface area (Å²) in [4.78, 5) is 16.2. The van der Waals surface area contributed by atoms with Gasteiger partial charge < -0.3 is 10.1 Å². The van der Waals surface area contributed by atoms with Crippen LogP contribution in [0.25, 0.3) is 11.3 Å². The first-order chi connectivity index (χ1) is 12.7. The van der Waals surface area contributed by atoms with Crippen LogP contribution in [0.1, 0.15) is 34.3 Å². The van der Waals surface area contributed by atoms with Crippen molar-refractivity contribution in [2.24, 2.45) is 5.92 Å². The molecule has 0 atom stereocenters. The maximum atomic E-state index is 13.9. The third-order valence-corrected chi connectivity index (χ3v) is 4.44. The first-order valence-electron chi connectivity index (χ1n) is 8.41. The van der Waals surface area contributed by atoms with Crippen LogP contribution in [0, 0.1) is 18.7 Å². The molecule has 1 aromatic heterocycles. The van der Waals surface area contributed by atoms with E-state index in [2.05, 4.69) is 15.0 Å². The highest BCUT2D eigenvalue weighted by Crippen LogP contribution is 2.38. The summed E-state index contributed by atoms with van der Waals surface area (Å²) in [7, 11) is 1.01. The van der Waals surface area contributed by atoms with Crippen LogP contribution in [0.2, 0.25) is 0 Å². The highest BCUT2D eigenvalue weighted by Gasteiger charge is 2.39. The molecule has 1 N–H and O–H groups in total. The number of pyridine rings is 1. The summed E-state index contributed by atoms with van der Waals surface area (Å²) >= 11 is 0. The zero-order valence-electron chi connectivity index (χ0n) is 14.8. The van der Waals surface area contributed by atoms with Crippen LogP contribution in [0.4, 0.5) is 23.4 Å². The summed E-state index contributed by atoms with van der Waals surface area (Å²) in [5, 5.41) is 2.83. The van der Waals surface area contributed by atoms with Crippen LogP contribution in [0.15, 0.2) is 24.3 Å². The Balaban J connectivity index is 2.17. The Kier molecular flexibility index (Phi) is 5.08. The summed E-state index contributed by atoms with van der Waals surface area (Å²) in [6.07, 6.45) is -2.87. The molecule has 1 fully saturated rings. The highest BCUT2D eigenvalue weighted by molar-refractivity contribution is 5.97. The quantitative estimate of drug-likeness (QED) is 0.595. The molecule has 144 valence electrons. The average Bonchev–Trinajstić information content (AvgIpc) is 3.44. The number of esters is 1. The zero-order chi connectivity index (χ0) is 19.8. The van der Waals surface area contributed by atoms with E-state index in [9.17, 15) is 22.4 Å². The number of halogens is 4. The number of ether oxygens (including phenoxy) is 1. The van der Waals surface area contributed by atoms with E-state index in [0.29, 0.717) is 18.0 Å². The maximum Gasteiger partial charge on any atom is 0.417 e. The van der Waals surface area contributed by atoms with E-state index in [1.165, 1.54) is 12.1 Å². The van der Waals surface area contributed by atoms with Gasteiger partial charge in [-0.05, 0) is 43.4 Å². The van der Waals surface area contributed by atoms with Crippen LogP contribution in [-0.2, 0) is 10.9 Å². The minimum absolute atomic E-state index is 0.0767. The Hall–Kier alpha value is -2.64. The number of rotatable bonds is 5. The molecule has 0 radical (unpaired) electrons. The number of nitrogens with one attached hydrogen (secondary N) is 1. The van der Waals surface area contributed by atoms with Gasteiger partial charge in [-0.25, -0.2) is 14.2 Å². The molecule has 2 aromatic rings. The summed E-state index contributed by atoms with van der Waals surface area (Å²) < 4.78 is 59.3. The molecule has 1 saturated carbocycles. The molecule has 1 aliphatic carbocycles. The molecule has 0 amide bonds. The number of alkyl halides is 3. The van der Waals surface area contributed by atoms with Gasteiger partial charge in [0.1, 0.15) is 17.2 Å². The summed E-state index contributed by atoms with van der Waals surface area (Å²) in [6, 6.07) is 4.83. The zero-order valence-corrected chi connectivity index (χ0v) is 14.8. The van der Waals surface area contributed by atoms with Gasteiger partial charge in [0.2, 0.25) is 0 Å². The van der Waals surface area contributed by atoms with Crippen molar-refractivity contribution in [1.29, 1.82) is 0 Å².